The molecule has 2 N–H and O–H groups in total. The van der Waals surface area contributed by atoms with E-state index >= 15 is 0 Å². The summed E-state index contributed by atoms with van der Waals surface area (Å²) < 4.78 is 25.0. The maximum Gasteiger partial charge on any atom is 0.254 e. The minimum absolute atomic E-state index is 0.725. The lowest BCUT2D eigenvalue weighted by Crippen LogP contribution is -2.15. The summed E-state index contributed by atoms with van der Waals surface area (Å²) in [5, 5.41) is 0. The van der Waals surface area contributed by atoms with E-state index in [4.69, 9.17) is 0 Å². The van der Waals surface area contributed by atoms with Gasteiger partial charge in [-0.2, -0.15) is 0 Å². The molecule has 58 valence electrons. The summed E-state index contributed by atoms with van der Waals surface area (Å²) >= 11 is 0. The SMILES string of the molecule is NC(=O)c1c(F)cncc1F. The van der Waals surface area contributed by atoms with Gasteiger partial charge in [0.2, 0.25) is 0 Å². The summed E-state index contributed by atoms with van der Waals surface area (Å²) in [5.74, 6) is -3.22. The highest BCUT2D eigenvalue weighted by atomic mass is 19.1. The molecule has 0 radical (unpaired) electrons. The normalized spacial score (nSPS) is 9.64. The lowest BCUT2D eigenvalue weighted by atomic mass is 10.2. The van der Waals surface area contributed by atoms with Crippen LogP contribution in [0.2, 0.25) is 0 Å². The van der Waals surface area contributed by atoms with Crippen LogP contribution in [0.4, 0.5) is 8.78 Å². The predicted molar refractivity (Wildman–Crippen MR) is 32.7 cm³/mol. The third-order valence-electron chi connectivity index (χ3n) is 1.10. The second-order valence-electron chi connectivity index (χ2n) is 1.84. The Labute approximate surface area is 60.8 Å². The van der Waals surface area contributed by atoms with E-state index in [9.17, 15) is 13.6 Å². The summed E-state index contributed by atoms with van der Waals surface area (Å²) in [7, 11) is 0. The van der Waals surface area contributed by atoms with Crippen LogP contribution in [-0.2, 0) is 0 Å². The van der Waals surface area contributed by atoms with Gasteiger partial charge in [0.15, 0.2) is 11.6 Å². The smallest absolute Gasteiger partial charge is 0.254 e. The van der Waals surface area contributed by atoms with Crippen LogP contribution in [0.15, 0.2) is 12.4 Å². The first-order valence-corrected chi connectivity index (χ1v) is 2.71. The molecule has 1 aromatic rings. The lowest BCUT2D eigenvalue weighted by Gasteiger charge is -1.96. The van der Waals surface area contributed by atoms with E-state index in [1.165, 1.54) is 0 Å². The average molecular weight is 158 g/mol. The fourth-order valence-electron chi connectivity index (χ4n) is 0.647. The van der Waals surface area contributed by atoms with Gasteiger partial charge in [-0.25, -0.2) is 8.78 Å². The Bertz CT molecular complexity index is 280. The predicted octanol–water partition coefficient (Wildman–Crippen LogP) is 0.459. The molecule has 0 unspecified atom stereocenters. The molecular formula is C6H4F2N2O. The molecular weight excluding hydrogens is 154 g/mol. The highest BCUT2D eigenvalue weighted by Gasteiger charge is 2.13. The molecule has 5 heteroatoms. The van der Waals surface area contributed by atoms with Crippen LogP contribution in [0.25, 0.3) is 0 Å². The summed E-state index contributed by atoms with van der Waals surface area (Å²) in [5.41, 5.74) is 3.92. The third kappa shape index (κ3) is 1.31. The molecule has 0 spiro atoms. The fourth-order valence-corrected chi connectivity index (χ4v) is 0.647. The quantitative estimate of drug-likeness (QED) is 0.645. The van der Waals surface area contributed by atoms with Crippen molar-refractivity contribution in [1.29, 1.82) is 0 Å². The van der Waals surface area contributed by atoms with E-state index in [0.29, 0.717) is 0 Å². The van der Waals surface area contributed by atoms with Gasteiger partial charge in [-0.15, -0.1) is 0 Å². The first-order chi connectivity index (χ1) is 5.13. The van der Waals surface area contributed by atoms with Gasteiger partial charge in [0.05, 0.1) is 12.4 Å². The Balaban J connectivity index is 3.32. The Kier molecular flexibility index (Phi) is 1.80. The number of hydrogen-bond donors (Lipinski definition) is 1. The number of halogens is 2. The largest absolute Gasteiger partial charge is 0.365 e. The van der Waals surface area contributed by atoms with Gasteiger partial charge in [0, 0.05) is 0 Å². The van der Waals surface area contributed by atoms with Crippen molar-refractivity contribution in [3.8, 4) is 0 Å². The molecule has 0 aliphatic rings. The molecule has 0 aliphatic carbocycles. The van der Waals surface area contributed by atoms with Gasteiger partial charge >= 0.3 is 0 Å². The second kappa shape index (κ2) is 2.61. The van der Waals surface area contributed by atoms with Gasteiger partial charge in [0.1, 0.15) is 5.56 Å². The van der Waals surface area contributed by atoms with Crippen molar-refractivity contribution in [2.75, 3.05) is 0 Å². The molecule has 0 fully saturated rings. The molecule has 1 aromatic heterocycles. The van der Waals surface area contributed by atoms with Crippen LogP contribution in [-0.4, -0.2) is 10.9 Å². The van der Waals surface area contributed by atoms with Gasteiger partial charge in [-0.05, 0) is 0 Å². The Hall–Kier alpha value is -1.52. The Morgan fingerprint density at radius 1 is 1.36 bits per heavy atom. The topological polar surface area (TPSA) is 56.0 Å². The zero-order valence-corrected chi connectivity index (χ0v) is 5.34. The second-order valence-corrected chi connectivity index (χ2v) is 1.84. The highest BCUT2D eigenvalue weighted by molar-refractivity contribution is 5.93. The molecule has 0 aliphatic heterocycles. The molecule has 0 aromatic carbocycles. The minimum Gasteiger partial charge on any atom is -0.365 e. The van der Waals surface area contributed by atoms with E-state index in [1.54, 1.807) is 0 Å². The molecule has 0 bridgehead atoms. The number of carbonyl (C=O) groups excluding carboxylic acids is 1. The van der Waals surface area contributed by atoms with Crippen LogP contribution in [0, 0.1) is 11.6 Å². The highest BCUT2D eigenvalue weighted by Crippen LogP contribution is 2.08. The molecule has 1 heterocycles. The standard InChI is InChI=1S/C6H4F2N2O/c7-3-1-10-2-4(8)5(3)6(9)11/h1-2H,(H2,9,11). The van der Waals surface area contributed by atoms with E-state index in [2.05, 4.69) is 10.7 Å². The number of nitrogens with zero attached hydrogens (tertiary/aromatic N) is 1. The summed E-state index contributed by atoms with van der Waals surface area (Å²) in [4.78, 5) is 13.5. The zero-order valence-electron chi connectivity index (χ0n) is 5.34. The van der Waals surface area contributed by atoms with E-state index in [1.807, 2.05) is 0 Å². The molecule has 11 heavy (non-hydrogen) atoms. The average Bonchev–Trinajstić information content (AvgIpc) is 1.85. The minimum atomic E-state index is -1.14. The molecule has 0 saturated carbocycles. The molecule has 1 amide bonds. The maximum atomic E-state index is 12.5. The number of pyridine rings is 1. The number of amides is 1. The third-order valence-corrected chi connectivity index (χ3v) is 1.10. The summed E-state index contributed by atoms with van der Waals surface area (Å²) in [6.45, 7) is 0. The van der Waals surface area contributed by atoms with Crippen molar-refractivity contribution >= 4 is 5.91 Å². The van der Waals surface area contributed by atoms with Crippen molar-refractivity contribution in [3.63, 3.8) is 0 Å². The van der Waals surface area contributed by atoms with E-state index in [-0.39, 0.29) is 0 Å². The fraction of sp³-hybridized carbons (Fsp3) is 0. The molecule has 0 atom stereocenters. The molecule has 1 rings (SSSR count). The van der Waals surface area contributed by atoms with E-state index < -0.39 is 23.1 Å². The van der Waals surface area contributed by atoms with Crippen molar-refractivity contribution in [3.05, 3.63) is 29.6 Å². The van der Waals surface area contributed by atoms with Crippen LogP contribution >= 0.6 is 0 Å². The van der Waals surface area contributed by atoms with Gasteiger partial charge in [-0.3, -0.25) is 9.78 Å². The Morgan fingerprint density at radius 2 is 1.82 bits per heavy atom. The lowest BCUT2D eigenvalue weighted by molar-refractivity contribution is 0.0992. The zero-order chi connectivity index (χ0) is 8.43. The number of primary amides is 1. The summed E-state index contributed by atoms with van der Waals surface area (Å²) in [6, 6.07) is 0. The number of hydrogen-bond acceptors (Lipinski definition) is 2. The molecule has 0 saturated heterocycles. The monoisotopic (exact) mass is 158 g/mol. The summed E-state index contributed by atoms with van der Waals surface area (Å²) in [6.07, 6.45) is 1.45. The number of nitrogens with two attached hydrogens (primary N) is 1. The Morgan fingerprint density at radius 3 is 2.09 bits per heavy atom. The van der Waals surface area contributed by atoms with Crippen molar-refractivity contribution in [2.45, 2.75) is 0 Å². The number of rotatable bonds is 1. The van der Waals surface area contributed by atoms with Crippen molar-refractivity contribution in [1.82, 2.24) is 4.98 Å². The number of carbonyl (C=O) groups is 1. The van der Waals surface area contributed by atoms with Crippen LogP contribution < -0.4 is 5.73 Å². The van der Waals surface area contributed by atoms with Gasteiger partial charge in [0.25, 0.3) is 5.91 Å². The van der Waals surface area contributed by atoms with Crippen LogP contribution in [0.3, 0.4) is 0 Å². The first kappa shape index (κ1) is 7.59. The molecule has 3 nitrogen and oxygen atoms in total. The maximum absolute atomic E-state index is 12.5. The van der Waals surface area contributed by atoms with Crippen molar-refractivity contribution < 1.29 is 13.6 Å². The van der Waals surface area contributed by atoms with Crippen LogP contribution in [0.5, 0.6) is 0 Å². The van der Waals surface area contributed by atoms with Gasteiger partial charge in [-0.1, -0.05) is 0 Å². The van der Waals surface area contributed by atoms with E-state index in [0.717, 1.165) is 12.4 Å². The van der Waals surface area contributed by atoms with Gasteiger partial charge < -0.3 is 5.73 Å². The first-order valence-electron chi connectivity index (χ1n) is 2.71. The van der Waals surface area contributed by atoms with Crippen molar-refractivity contribution in [2.24, 2.45) is 5.73 Å². The number of aromatic nitrogens is 1. The van der Waals surface area contributed by atoms with Crippen LogP contribution in [0.1, 0.15) is 10.4 Å².